The molecule has 0 aliphatic heterocycles. The molecule has 0 radical (unpaired) electrons. The summed E-state index contributed by atoms with van der Waals surface area (Å²) in [5.41, 5.74) is 0.725. The molecule has 0 aromatic carbocycles. The number of nitrogens with zero attached hydrogens (tertiary/aromatic N) is 2. The molecule has 3 nitrogen and oxygen atoms in total. The monoisotopic (exact) mass is 374 g/mol. The third kappa shape index (κ3) is 11.8. The largest absolute Gasteiger partial charge is 0.339 e. The summed E-state index contributed by atoms with van der Waals surface area (Å²) < 4.78 is 0. The highest BCUT2D eigenvalue weighted by molar-refractivity contribution is 5.93. The zero-order chi connectivity index (χ0) is 19.6. The van der Waals surface area contributed by atoms with Crippen LogP contribution in [0.1, 0.15) is 114 Å². The number of unbranched alkanes of at least 4 members (excludes halogenated alkanes) is 12. The number of amides is 1. The lowest BCUT2D eigenvalue weighted by Gasteiger charge is -2.23. The molecule has 1 rings (SSSR count). The first-order valence-electron chi connectivity index (χ1n) is 11.5. The molecule has 27 heavy (non-hydrogen) atoms. The Bertz CT molecular complexity index is 443. The minimum atomic E-state index is 0.153. The number of hydrogen-bond donors (Lipinski definition) is 0. The van der Waals surface area contributed by atoms with Crippen molar-refractivity contribution in [3.05, 3.63) is 30.1 Å². The minimum Gasteiger partial charge on any atom is -0.339 e. The highest BCUT2D eigenvalue weighted by atomic mass is 16.2. The standard InChI is InChI=1S/C24H42N2O/c1-3-5-7-9-11-13-15-20-26(21-16-14-12-10-8-6-4-2)24(27)23-18-17-19-25-22-23/h17-19,22H,3-16,20-21H2,1-2H3. The van der Waals surface area contributed by atoms with E-state index in [0.29, 0.717) is 0 Å². The van der Waals surface area contributed by atoms with Crippen molar-refractivity contribution in [2.24, 2.45) is 0 Å². The summed E-state index contributed by atoms with van der Waals surface area (Å²) in [4.78, 5) is 19.0. The van der Waals surface area contributed by atoms with E-state index in [-0.39, 0.29) is 5.91 Å². The molecule has 1 aromatic rings. The lowest BCUT2D eigenvalue weighted by atomic mass is 10.1. The molecule has 0 fully saturated rings. The van der Waals surface area contributed by atoms with Gasteiger partial charge in [0.15, 0.2) is 0 Å². The van der Waals surface area contributed by atoms with E-state index in [1.54, 1.807) is 12.4 Å². The van der Waals surface area contributed by atoms with E-state index in [1.807, 2.05) is 12.1 Å². The van der Waals surface area contributed by atoms with E-state index in [9.17, 15) is 4.79 Å². The van der Waals surface area contributed by atoms with Crippen LogP contribution in [-0.2, 0) is 0 Å². The lowest BCUT2D eigenvalue weighted by molar-refractivity contribution is 0.0748. The third-order valence-electron chi connectivity index (χ3n) is 5.26. The Morgan fingerprint density at radius 3 is 1.70 bits per heavy atom. The fraction of sp³-hybridized carbons (Fsp3) is 0.750. The van der Waals surface area contributed by atoms with Crippen LogP contribution >= 0.6 is 0 Å². The Kier molecular flexibility index (Phi) is 14.7. The van der Waals surface area contributed by atoms with Gasteiger partial charge in [0.25, 0.3) is 5.91 Å². The van der Waals surface area contributed by atoms with Crippen molar-refractivity contribution < 1.29 is 4.79 Å². The van der Waals surface area contributed by atoms with Gasteiger partial charge in [-0.2, -0.15) is 0 Å². The van der Waals surface area contributed by atoms with Crippen molar-refractivity contribution in [1.82, 2.24) is 9.88 Å². The van der Waals surface area contributed by atoms with Crippen LogP contribution in [0.5, 0.6) is 0 Å². The number of hydrogen-bond acceptors (Lipinski definition) is 2. The third-order valence-corrected chi connectivity index (χ3v) is 5.26. The molecular formula is C24H42N2O. The number of carbonyl (C=O) groups excluding carboxylic acids is 1. The second-order valence-electron chi connectivity index (χ2n) is 7.78. The van der Waals surface area contributed by atoms with Crippen LogP contribution in [-0.4, -0.2) is 28.9 Å². The van der Waals surface area contributed by atoms with Crippen LogP contribution in [0.4, 0.5) is 0 Å². The predicted molar refractivity (Wildman–Crippen MR) is 116 cm³/mol. The van der Waals surface area contributed by atoms with Gasteiger partial charge in [0.05, 0.1) is 5.56 Å². The Balaban J connectivity index is 2.34. The fourth-order valence-corrected chi connectivity index (χ4v) is 3.51. The first-order valence-corrected chi connectivity index (χ1v) is 11.5. The maximum Gasteiger partial charge on any atom is 0.255 e. The summed E-state index contributed by atoms with van der Waals surface area (Å²) in [6.45, 7) is 6.28. The average molecular weight is 375 g/mol. The summed E-state index contributed by atoms with van der Waals surface area (Å²) in [5.74, 6) is 0.153. The van der Waals surface area contributed by atoms with Gasteiger partial charge in [0, 0.05) is 25.5 Å². The molecule has 0 aliphatic rings. The summed E-state index contributed by atoms with van der Waals surface area (Å²) in [6, 6.07) is 3.74. The van der Waals surface area contributed by atoms with E-state index < -0.39 is 0 Å². The van der Waals surface area contributed by atoms with E-state index in [0.717, 1.165) is 31.5 Å². The molecule has 0 unspecified atom stereocenters. The lowest BCUT2D eigenvalue weighted by Crippen LogP contribution is -2.33. The van der Waals surface area contributed by atoms with Crippen molar-refractivity contribution in [1.29, 1.82) is 0 Å². The van der Waals surface area contributed by atoms with Crippen LogP contribution in [0.3, 0.4) is 0 Å². The van der Waals surface area contributed by atoms with Gasteiger partial charge in [0.2, 0.25) is 0 Å². The van der Waals surface area contributed by atoms with Gasteiger partial charge in [0.1, 0.15) is 0 Å². The summed E-state index contributed by atoms with van der Waals surface area (Å²) in [7, 11) is 0. The molecule has 0 saturated carbocycles. The van der Waals surface area contributed by atoms with Gasteiger partial charge < -0.3 is 4.90 Å². The highest BCUT2D eigenvalue weighted by Crippen LogP contribution is 2.12. The van der Waals surface area contributed by atoms with Gasteiger partial charge in [-0.25, -0.2) is 0 Å². The Labute approximate surface area is 168 Å². The van der Waals surface area contributed by atoms with Crippen molar-refractivity contribution in [3.8, 4) is 0 Å². The second kappa shape index (κ2) is 16.8. The molecule has 0 spiro atoms. The van der Waals surface area contributed by atoms with Gasteiger partial charge in [-0.3, -0.25) is 9.78 Å². The normalized spacial score (nSPS) is 10.9. The molecular weight excluding hydrogens is 332 g/mol. The number of carbonyl (C=O) groups is 1. The second-order valence-corrected chi connectivity index (χ2v) is 7.78. The summed E-state index contributed by atoms with van der Waals surface area (Å²) in [6.07, 6.45) is 21.4. The van der Waals surface area contributed by atoms with Gasteiger partial charge in [-0.1, -0.05) is 90.9 Å². The topological polar surface area (TPSA) is 33.2 Å². The van der Waals surface area contributed by atoms with Gasteiger partial charge in [-0.05, 0) is 25.0 Å². The molecule has 1 aromatic heterocycles. The molecule has 0 N–H and O–H groups in total. The van der Waals surface area contributed by atoms with Crippen molar-refractivity contribution >= 4 is 5.91 Å². The Hall–Kier alpha value is -1.38. The molecule has 154 valence electrons. The van der Waals surface area contributed by atoms with Crippen molar-refractivity contribution in [3.63, 3.8) is 0 Å². The van der Waals surface area contributed by atoms with E-state index >= 15 is 0 Å². The van der Waals surface area contributed by atoms with Gasteiger partial charge >= 0.3 is 0 Å². The molecule has 0 bridgehead atoms. The number of aromatic nitrogens is 1. The van der Waals surface area contributed by atoms with Crippen LogP contribution in [0.15, 0.2) is 24.5 Å². The summed E-state index contributed by atoms with van der Waals surface area (Å²) in [5, 5.41) is 0. The average Bonchev–Trinajstić information content (AvgIpc) is 2.71. The number of rotatable bonds is 17. The molecule has 0 saturated heterocycles. The zero-order valence-corrected chi connectivity index (χ0v) is 17.9. The first-order chi connectivity index (χ1) is 13.3. The van der Waals surface area contributed by atoms with E-state index in [4.69, 9.17) is 0 Å². The van der Waals surface area contributed by atoms with Crippen molar-refractivity contribution in [2.75, 3.05) is 13.1 Å². The molecule has 0 atom stereocenters. The van der Waals surface area contributed by atoms with Crippen LogP contribution in [0.2, 0.25) is 0 Å². The van der Waals surface area contributed by atoms with E-state index in [1.165, 1.54) is 77.0 Å². The first kappa shape index (κ1) is 23.7. The molecule has 1 heterocycles. The minimum absolute atomic E-state index is 0.153. The summed E-state index contributed by atoms with van der Waals surface area (Å²) >= 11 is 0. The van der Waals surface area contributed by atoms with Gasteiger partial charge in [-0.15, -0.1) is 0 Å². The fourth-order valence-electron chi connectivity index (χ4n) is 3.51. The van der Waals surface area contributed by atoms with Crippen LogP contribution in [0.25, 0.3) is 0 Å². The molecule has 3 heteroatoms. The van der Waals surface area contributed by atoms with E-state index in [2.05, 4.69) is 23.7 Å². The SMILES string of the molecule is CCCCCCCCCN(CCCCCCCCC)C(=O)c1cccnc1. The number of pyridine rings is 1. The smallest absolute Gasteiger partial charge is 0.255 e. The molecule has 0 aliphatic carbocycles. The van der Waals surface area contributed by atoms with Crippen molar-refractivity contribution in [2.45, 2.75) is 104 Å². The molecule has 1 amide bonds. The Morgan fingerprint density at radius 2 is 1.26 bits per heavy atom. The zero-order valence-electron chi connectivity index (χ0n) is 17.9. The van der Waals surface area contributed by atoms with Crippen LogP contribution in [0, 0.1) is 0 Å². The maximum atomic E-state index is 12.8. The van der Waals surface area contributed by atoms with Crippen LogP contribution < -0.4 is 0 Å². The predicted octanol–water partition coefficient (Wildman–Crippen LogP) is 7.03. The highest BCUT2D eigenvalue weighted by Gasteiger charge is 2.15. The Morgan fingerprint density at radius 1 is 0.778 bits per heavy atom. The quantitative estimate of drug-likeness (QED) is 0.274. The maximum absolute atomic E-state index is 12.8.